The van der Waals surface area contributed by atoms with E-state index in [-0.39, 0.29) is 6.10 Å². The number of aryl methyl sites for hydroxylation is 1. The van der Waals surface area contributed by atoms with Crippen molar-refractivity contribution in [3.8, 4) is 23.1 Å². The van der Waals surface area contributed by atoms with Crippen LogP contribution in [0.1, 0.15) is 48.9 Å². The molecule has 1 N–H and O–H groups in total. The molecule has 1 atom stereocenters. The predicted molar refractivity (Wildman–Crippen MR) is 117 cm³/mol. The molecule has 1 saturated heterocycles. The fourth-order valence-corrected chi connectivity index (χ4v) is 4.29. The van der Waals surface area contributed by atoms with E-state index in [2.05, 4.69) is 31.9 Å². The third-order valence-electron chi connectivity index (χ3n) is 6.01. The third-order valence-corrected chi connectivity index (χ3v) is 6.01. The molecule has 5 rings (SSSR count). The maximum atomic E-state index is 9.58. The van der Waals surface area contributed by atoms with E-state index in [0.717, 1.165) is 48.6 Å². The fraction of sp³-hybridized carbons (Fsp3) is 0.409. The maximum absolute atomic E-state index is 9.58. The summed E-state index contributed by atoms with van der Waals surface area (Å²) in [5.74, 6) is 0.561. The Bertz CT molecular complexity index is 1300. The summed E-state index contributed by atoms with van der Waals surface area (Å²) in [6.45, 7) is 5.95. The Balaban J connectivity index is 1.56. The Morgan fingerprint density at radius 3 is 2.84 bits per heavy atom. The molecule has 0 radical (unpaired) electrons. The molecule has 10 heteroatoms. The highest BCUT2D eigenvalue weighted by molar-refractivity contribution is 5.74. The van der Waals surface area contributed by atoms with Crippen molar-refractivity contribution in [1.82, 2.24) is 39.7 Å². The molecule has 5 heterocycles. The minimum atomic E-state index is -0.303. The molecule has 10 nitrogen and oxygen atoms in total. The highest BCUT2D eigenvalue weighted by atomic mass is 16.5. The van der Waals surface area contributed by atoms with Crippen LogP contribution in [0.15, 0.2) is 30.7 Å². The van der Waals surface area contributed by atoms with E-state index in [9.17, 15) is 5.26 Å². The first-order chi connectivity index (χ1) is 15.5. The van der Waals surface area contributed by atoms with E-state index >= 15 is 0 Å². The number of nitrogens with one attached hydrogen (secondary N) is 1. The molecule has 0 amide bonds. The van der Waals surface area contributed by atoms with Gasteiger partial charge in [0.1, 0.15) is 40.4 Å². The van der Waals surface area contributed by atoms with Gasteiger partial charge in [-0.2, -0.15) is 15.5 Å². The summed E-state index contributed by atoms with van der Waals surface area (Å²) in [5, 5.41) is 30.7. The Labute approximate surface area is 185 Å². The summed E-state index contributed by atoms with van der Waals surface area (Å²) in [6, 6.07) is 6.38. The van der Waals surface area contributed by atoms with E-state index < -0.39 is 0 Å². The number of aromatic nitrogens is 7. The molecule has 0 saturated carbocycles. The van der Waals surface area contributed by atoms with Crippen molar-refractivity contribution < 1.29 is 4.74 Å². The van der Waals surface area contributed by atoms with Gasteiger partial charge in [-0.05, 0) is 51.9 Å². The third kappa shape index (κ3) is 3.50. The summed E-state index contributed by atoms with van der Waals surface area (Å²) in [5.41, 5.74) is 4.52. The van der Waals surface area contributed by atoms with Crippen molar-refractivity contribution in [2.45, 2.75) is 38.8 Å². The smallest absolute Gasteiger partial charge is 0.148 e. The molecule has 0 aliphatic carbocycles. The van der Waals surface area contributed by atoms with Crippen LogP contribution in [0, 0.1) is 18.3 Å². The Morgan fingerprint density at radius 2 is 2.12 bits per heavy atom. The van der Waals surface area contributed by atoms with Crippen molar-refractivity contribution in [2.75, 3.05) is 13.1 Å². The lowest BCUT2D eigenvalue weighted by molar-refractivity contribution is 0.223. The fourth-order valence-electron chi connectivity index (χ4n) is 4.29. The number of rotatable bonds is 5. The first-order valence-electron chi connectivity index (χ1n) is 10.8. The molecule has 1 fully saturated rings. The van der Waals surface area contributed by atoms with Gasteiger partial charge in [-0.3, -0.25) is 4.68 Å². The molecular formula is C22H25N9O. The first kappa shape index (κ1) is 20.2. The number of nitrogens with zero attached hydrogens (tertiary/aromatic N) is 8. The van der Waals surface area contributed by atoms with Crippen LogP contribution in [0.3, 0.4) is 0 Å². The second-order valence-electron chi connectivity index (χ2n) is 8.18. The molecule has 164 valence electrons. The van der Waals surface area contributed by atoms with Gasteiger partial charge < -0.3 is 10.1 Å². The number of hydrogen-bond donors (Lipinski definition) is 1. The van der Waals surface area contributed by atoms with Crippen LogP contribution in [-0.2, 0) is 7.05 Å². The number of nitriles is 1. The summed E-state index contributed by atoms with van der Waals surface area (Å²) in [6.07, 6.45) is 7.06. The van der Waals surface area contributed by atoms with Gasteiger partial charge in [-0.15, -0.1) is 5.10 Å². The van der Waals surface area contributed by atoms with E-state index in [1.54, 1.807) is 15.4 Å². The van der Waals surface area contributed by atoms with Gasteiger partial charge in [0.25, 0.3) is 0 Å². The zero-order valence-corrected chi connectivity index (χ0v) is 18.4. The van der Waals surface area contributed by atoms with Crippen LogP contribution in [0.25, 0.3) is 16.8 Å². The summed E-state index contributed by atoms with van der Waals surface area (Å²) < 4.78 is 11.7. The number of piperidine rings is 1. The second kappa shape index (κ2) is 8.09. The SMILES string of the molecule is Cc1c(-c2cc(O[C@H](C)c3ccn(C)n3)c3c(C#N)cnn3c2)nnn1C1CCNCC1. The van der Waals surface area contributed by atoms with Crippen molar-refractivity contribution >= 4 is 5.52 Å². The van der Waals surface area contributed by atoms with Crippen molar-refractivity contribution in [2.24, 2.45) is 7.05 Å². The Kier molecular flexibility index (Phi) is 5.11. The number of fused-ring (bicyclic) bond motifs is 1. The molecule has 0 unspecified atom stereocenters. The zero-order valence-electron chi connectivity index (χ0n) is 18.4. The van der Waals surface area contributed by atoms with Gasteiger partial charge in [0.2, 0.25) is 0 Å². The highest BCUT2D eigenvalue weighted by Crippen LogP contribution is 2.34. The minimum Gasteiger partial charge on any atom is -0.482 e. The second-order valence-corrected chi connectivity index (χ2v) is 8.18. The lowest BCUT2D eigenvalue weighted by Crippen LogP contribution is -2.30. The van der Waals surface area contributed by atoms with E-state index in [4.69, 9.17) is 4.74 Å². The molecule has 1 aliphatic rings. The van der Waals surface area contributed by atoms with Crippen molar-refractivity contribution in [3.05, 3.63) is 47.7 Å². The van der Waals surface area contributed by atoms with Crippen LogP contribution < -0.4 is 10.1 Å². The normalized spacial score (nSPS) is 15.7. The van der Waals surface area contributed by atoms with Gasteiger partial charge in [0, 0.05) is 25.0 Å². The van der Waals surface area contributed by atoms with E-state index in [0.29, 0.717) is 22.9 Å². The highest BCUT2D eigenvalue weighted by Gasteiger charge is 2.23. The van der Waals surface area contributed by atoms with Crippen LogP contribution >= 0.6 is 0 Å². The lowest BCUT2D eigenvalue weighted by Gasteiger charge is -2.23. The quantitative estimate of drug-likeness (QED) is 0.517. The lowest BCUT2D eigenvalue weighted by atomic mass is 10.1. The molecule has 32 heavy (non-hydrogen) atoms. The standard InChI is InChI=1S/C22H25N9O/c1-14-21(26-28-31(14)18-4-7-24-8-5-18)16-10-20(22-17(11-23)12-25-30(22)13-16)32-15(2)19-6-9-29(3)27-19/h6,9-10,12-13,15,18,24H,4-5,7-8H2,1-3H3/t15-/m1/s1. The average molecular weight is 432 g/mol. The minimum absolute atomic E-state index is 0.303. The van der Waals surface area contributed by atoms with E-state index in [1.807, 2.05) is 50.1 Å². The summed E-state index contributed by atoms with van der Waals surface area (Å²) in [4.78, 5) is 0. The molecule has 1 aliphatic heterocycles. The number of hydrogen-bond acceptors (Lipinski definition) is 7. The Hall–Kier alpha value is -3.71. The molecular weight excluding hydrogens is 406 g/mol. The molecule has 0 aromatic carbocycles. The molecule has 4 aromatic rings. The van der Waals surface area contributed by atoms with Gasteiger partial charge in [0.05, 0.1) is 17.9 Å². The number of pyridine rings is 1. The van der Waals surface area contributed by atoms with Crippen molar-refractivity contribution in [1.29, 1.82) is 5.26 Å². The van der Waals surface area contributed by atoms with Crippen LogP contribution in [0.4, 0.5) is 0 Å². The maximum Gasteiger partial charge on any atom is 0.148 e. The predicted octanol–water partition coefficient (Wildman–Crippen LogP) is 2.57. The van der Waals surface area contributed by atoms with Gasteiger partial charge >= 0.3 is 0 Å². The summed E-state index contributed by atoms with van der Waals surface area (Å²) in [7, 11) is 1.87. The molecule has 0 spiro atoms. The average Bonchev–Trinajstić information content (AvgIpc) is 3.52. The van der Waals surface area contributed by atoms with E-state index in [1.165, 1.54) is 0 Å². The largest absolute Gasteiger partial charge is 0.482 e. The number of ether oxygens (including phenoxy) is 1. The zero-order chi connectivity index (χ0) is 22.2. The van der Waals surface area contributed by atoms with Crippen LogP contribution in [-0.4, -0.2) is 47.5 Å². The monoisotopic (exact) mass is 431 g/mol. The van der Waals surface area contributed by atoms with Crippen molar-refractivity contribution in [3.63, 3.8) is 0 Å². The van der Waals surface area contributed by atoms with Gasteiger partial charge in [0.15, 0.2) is 0 Å². The topological polar surface area (TPSA) is 111 Å². The van der Waals surface area contributed by atoms with Crippen LogP contribution in [0.2, 0.25) is 0 Å². The molecule has 0 bridgehead atoms. The van der Waals surface area contributed by atoms with Crippen LogP contribution in [0.5, 0.6) is 5.75 Å². The summed E-state index contributed by atoms with van der Waals surface area (Å²) >= 11 is 0. The van der Waals surface area contributed by atoms with Gasteiger partial charge in [-0.1, -0.05) is 5.21 Å². The Morgan fingerprint density at radius 1 is 1.31 bits per heavy atom. The van der Waals surface area contributed by atoms with Gasteiger partial charge in [-0.25, -0.2) is 9.20 Å². The molecule has 4 aromatic heterocycles. The first-order valence-corrected chi connectivity index (χ1v) is 10.8.